The van der Waals surface area contributed by atoms with E-state index in [0.29, 0.717) is 0 Å². The average molecular weight is 295 g/mol. The lowest BCUT2D eigenvalue weighted by molar-refractivity contribution is 0.321. The zero-order chi connectivity index (χ0) is 14.6. The molecule has 114 valence electrons. The van der Waals surface area contributed by atoms with E-state index >= 15 is 0 Å². The van der Waals surface area contributed by atoms with Crippen LogP contribution in [0.2, 0.25) is 0 Å². The maximum atomic E-state index is 4.94. The number of thiazole rings is 1. The molecular weight excluding hydrogens is 264 g/mol. The van der Waals surface area contributed by atoms with Crippen LogP contribution in [-0.4, -0.2) is 11.0 Å². The minimum atomic E-state index is 0.0950. The third-order valence-corrected chi connectivity index (χ3v) is 5.61. The molecule has 2 nitrogen and oxygen atoms in total. The highest BCUT2D eigenvalue weighted by Gasteiger charge is 2.35. The van der Waals surface area contributed by atoms with Gasteiger partial charge in [-0.3, -0.25) is 0 Å². The lowest BCUT2D eigenvalue weighted by Crippen LogP contribution is -2.41. The Balaban J connectivity index is 2.07. The van der Waals surface area contributed by atoms with Crippen LogP contribution >= 0.6 is 11.3 Å². The van der Waals surface area contributed by atoms with Crippen molar-refractivity contribution in [1.82, 2.24) is 10.3 Å². The Labute approximate surface area is 128 Å². The van der Waals surface area contributed by atoms with Crippen molar-refractivity contribution in [2.75, 3.05) is 0 Å². The summed E-state index contributed by atoms with van der Waals surface area (Å²) in [6.45, 7) is 9.07. The molecule has 2 rings (SSSR count). The summed E-state index contributed by atoms with van der Waals surface area (Å²) in [5.74, 6) is 0. The number of hydrogen-bond donors (Lipinski definition) is 1. The van der Waals surface area contributed by atoms with Crippen molar-refractivity contribution in [3.63, 3.8) is 0 Å². The Morgan fingerprint density at radius 3 is 2.55 bits per heavy atom. The smallest absolute Gasteiger partial charge is 0.113 e. The topological polar surface area (TPSA) is 24.9 Å². The van der Waals surface area contributed by atoms with Crippen LogP contribution < -0.4 is 5.32 Å². The molecule has 1 unspecified atom stereocenters. The van der Waals surface area contributed by atoms with Crippen LogP contribution in [0.1, 0.15) is 81.3 Å². The van der Waals surface area contributed by atoms with Crippen LogP contribution in [0.25, 0.3) is 0 Å². The van der Waals surface area contributed by atoms with Crippen molar-refractivity contribution in [1.29, 1.82) is 0 Å². The van der Waals surface area contributed by atoms with Crippen LogP contribution in [0.15, 0.2) is 0 Å². The van der Waals surface area contributed by atoms with Gasteiger partial charge >= 0.3 is 0 Å². The van der Waals surface area contributed by atoms with Gasteiger partial charge in [0.15, 0.2) is 0 Å². The van der Waals surface area contributed by atoms with Gasteiger partial charge in [-0.05, 0) is 39.5 Å². The predicted octanol–water partition coefficient (Wildman–Crippen LogP) is 4.95. The number of rotatable bonds is 9. The number of nitrogens with zero attached hydrogens (tertiary/aromatic N) is 1. The van der Waals surface area contributed by atoms with Crippen molar-refractivity contribution in [3.8, 4) is 0 Å². The third kappa shape index (κ3) is 4.05. The van der Waals surface area contributed by atoms with Crippen LogP contribution in [0, 0.1) is 6.92 Å². The van der Waals surface area contributed by atoms with E-state index in [-0.39, 0.29) is 5.54 Å². The van der Waals surface area contributed by atoms with Crippen LogP contribution in [0.5, 0.6) is 0 Å². The van der Waals surface area contributed by atoms with Gasteiger partial charge in [-0.25, -0.2) is 4.98 Å². The van der Waals surface area contributed by atoms with E-state index in [2.05, 4.69) is 33.0 Å². The van der Waals surface area contributed by atoms with E-state index in [0.717, 1.165) is 12.5 Å². The zero-order valence-corrected chi connectivity index (χ0v) is 14.4. The van der Waals surface area contributed by atoms with Gasteiger partial charge in [0, 0.05) is 10.9 Å². The fourth-order valence-corrected chi connectivity index (χ4v) is 3.96. The Hall–Kier alpha value is -0.410. The molecule has 1 aromatic rings. The molecule has 0 saturated heterocycles. The second kappa shape index (κ2) is 7.04. The molecule has 0 radical (unpaired) electrons. The second-order valence-corrected chi connectivity index (χ2v) is 7.64. The first-order valence-corrected chi connectivity index (χ1v) is 9.15. The Kier molecular flexibility index (Phi) is 5.62. The first-order chi connectivity index (χ1) is 9.59. The van der Waals surface area contributed by atoms with Crippen LogP contribution in [0.3, 0.4) is 0 Å². The molecule has 1 aliphatic rings. The fourth-order valence-electron chi connectivity index (χ4n) is 2.82. The molecule has 1 N–H and O–H groups in total. The molecule has 0 spiro atoms. The molecule has 0 aliphatic heterocycles. The molecule has 3 heteroatoms. The van der Waals surface area contributed by atoms with Gasteiger partial charge in [0.25, 0.3) is 0 Å². The Bertz CT molecular complexity index is 423. The molecule has 1 fully saturated rings. The van der Waals surface area contributed by atoms with E-state index in [1.54, 1.807) is 0 Å². The van der Waals surface area contributed by atoms with Crippen molar-refractivity contribution in [2.45, 2.75) is 90.6 Å². The van der Waals surface area contributed by atoms with E-state index in [1.165, 1.54) is 60.5 Å². The molecule has 20 heavy (non-hydrogen) atoms. The monoisotopic (exact) mass is 294 g/mol. The van der Waals surface area contributed by atoms with E-state index in [1.807, 2.05) is 11.3 Å². The molecule has 0 aromatic carbocycles. The number of unbranched alkanes of at least 4 members (excludes halogenated alkanes) is 3. The molecule has 1 aliphatic carbocycles. The molecule has 0 bridgehead atoms. The largest absolute Gasteiger partial charge is 0.303 e. The summed E-state index contributed by atoms with van der Waals surface area (Å²) in [4.78, 5) is 6.34. The summed E-state index contributed by atoms with van der Waals surface area (Å²) in [6, 6.07) is 0.737. The lowest BCUT2D eigenvalue weighted by Gasteiger charge is -2.29. The van der Waals surface area contributed by atoms with Crippen LogP contribution in [0.4, 0.5) is 0 Å². The van der Waals surface area contributed by atoms with Crippen LogP contribution in [-0.2, 0) is 12.0 Å². The SMILES string of the molecule is CCCCCCC(C)(NC1CC1)c1nc(CC)c(C)s1. The van der Waals surface area contributed by atoms with Crippen molar-refractivity contribution < 1.29 is 0 Å². The first kappa shape index (κ1) is 16.0. The predicted molar refractivity (Wildman–Crippen MR) is 88.5 cm³/mol. The molecule has 1 atom stereocenters. The standard InChI is InChI=1S/C17H30N2S/c1-5-7-8-9-12-17(4,19-14-10-11-14)16-18-15(6-2)13(3)20-16/h14,19H,5-12H2,1-4H3. The summed E-state index contributed by atoms with van der Waals surface area (Å²) in [6.07, 6.45) is 10.3. The Morgan fingerprint density at radius 2 is 2.00 bits per heavy atom. The van der Waals surface area contributed by atoms with E-state index < -0.39 is 0 Å². The van der Waals surface area contributed by atoms with Gasteiger partial charge in [0.05, 0.1) is 11.2 Å². The third-order valence-electron chi connectivity index (χ3n) is 4.33. The molecule has 0 amide bonds. The van der Waals surface area contributed by atoms with Crippen molar-refractivity contribution in [2.24, 2.45) is 0 Å². The Morgan fingerprint density at radius 1 is 1.25 bits per heavy atom. The highest BCUT2D eigenvalue weighted by Crippen LogP contribution is 2.35. The zero-order valence-electron chi connectivity index (χ0n) is 13.6. The molecular formula is C17H30N2S. The number of aromatic nitrogens is 1. The molecule has 1 saturated carbocycles. The number of hydrogen-bond acceptors (Lipinski definition) is 3. The van der Waals surface area contributed by atoms with Gasteiger partial charge in [-0.1, -0.05) is 39.5 Å². The fraction of sp³-hybridized carbons (Fsp3) is 0.824. The van der Waals surface area contributed by atoms with Crippen molar-refractivity contribution in [3.05, 3.63) is 15.6 Å². The number of nitrogens with one attached hydrogen (secondary N) is 1. The summed E-state index contributed by atoms with van der Waals surface area (Å²) in [7, 11) is 0. The maximum Gasteiger partial charge on any atom is 0.113 e. The van der Waals surface area contributed by atoms with Gasteiger partial charge < -0.3 is 5.32 Å². The van der Waals surface area contributed by atoms with E-state index in [9.17, 15) is 0 Å². The summed E-state index contributed by atoms with van der Waals surface area (Å²) in [5, 5.41) is 5.19. The normalized spacial score (nSPS) is 18.2. The second-order valence-electron chi connectivity index (χ2n) is 6.44. The molecule has 1 heterocycles. The van der Waals surface area contributed by atoms with Crippen molar-refractivity contribution >= 4 is 11.3 Å². The van der Waals surface area contributed by atoms with Gasteiger partial charge in [0.2, 0.25) is 0 Å². The van der Waals surface area contributed by atoms with E-state index in [4.69, 9.17) is 4.98 Å². The minimum Gasteiger partial charge on any atom is -0.303 e. The average Bonchev–Trinajstić information content (AvgIpc) is 3.14. The summed E-state index contributed by atoms with van der Waals surface area (Å²) >= 11 is 1.91. The van der Waals surface area contributed by atoms with Gasteiger partial charge in [0.1, 0.15) is 5.01 Å². The lowest BCUT2D eigenvalue weighted by atomic mass is 9.94. The quantitative estimate of drug-likeness (QED) is 0.652. The van der Waals surface area contributed by atoms with Gasteiger partial charge in [-0.15, -0.1) is 11.3 Å². The van der Waals surface area contributed by atoms with Gasteiger partial charge in [-0.2, -0.15) is 0 Å². The number of aryl methyl sites for hydroxylation is 2. The molecule has 1 aromatic heterocycles. The first-order valence-electron chi connectivity index (χ1n) is 8.33. The summed E-state index contributed by atoms with van der Waals surface area (Å²) in [5.41, 5.74) is 1.39. The summed E-state index contributed by atoms with van der Waals surface area (Å²) < 4.78 is 0. The highest BCUT2D eigenvalue weighted by molar-refractivity contribution is 7.11. The maximum absolute atomic E-state index is 4.94. The minimum absolute atomic E-state index is 0.0950. The highest BCUT2D eigenvalue weighted by atomic mass is 32.1.